The summed E-state index contributed by atoms with van der Waals surface area (Å²) in [6.45, 7) is 10.7. The fourth-order valence-electron chi connectivity index (χ4n) is 1.02. The van der Waals surface area contributed by atoms with Crippen molar-refractivity contribution in [2.45, 2.75) is 13.8 Å². The molecular weight excluding hydrogens is 148 g/mol. The summed E-state index contributed by atoms with van der Waals surface area (Å²) in [7, 11) is 0. The maximum absolute atomic E-state index is 8.62. The quantitative estimate of drug-likeness (QED) is 0.531. The van der Waals surface area contributed by atoms with Gasteiger partial charge in [0.05, 0.1) is 12.6 Å². The van der Waals surface area contributed by atoms with Crippen LogP contribution in [-0.4, -0.2) is 0 Å². The highest BCUT2D eigenvalue weighted by Crippen LogP contribution is 2.23. The molecule has 0 aliphatic rings. The van der Waals surface area contributed by atoms with Gasteiger partial charge in [-0.1, -0.05) is 5.56 Å². The summed E-state index contributed by atoms with van der Waals surface area (Å²) in [6.07, 6.45) is 0. The van der Waals surface area contributed by atoms with E-state index in [0.29, 0.717) is 11.3 Å². The number of aryl methyl sites for hydroxylation is 1. The van der Waals surface area contributed by atoms with E-state index in [1.54, 1.807) is 12.1 Å². The van der Waals surface area contributed by atoms with Crippen molar-refractivity contribution in [2.75, 3.05) is 0 Å². The van der Waals surface area contributed by atoms with Crippen LogP contribution in [0.3, 0.4) is 0 Å². The Bertz CT molecular complexity index is 392. The van der Waals surface area contributed by atoms with Gasteiger partial charge in [-0.15, -0.1) is 0 Å². The van der Waals surface area contributed by atoms with Crippen molar-refractivity contribution in [2.24, 2.45) is 0 Å². The Labute approximate surface area is 71.9 Å². The molecule has 0 bridgehead atoms. The molecule has 0 saturated heterocycles. The molecule has 2 nitrogen and oxygen atoms in total. The van der Waals surface area contributed by atoms with E-state index in [1.165, 1.54) is 0 Å². The zero-order valence-electron chi connectivity index (χ0n) is 7.05. The van der Waals surface area contributed by atoms with Gasteiger partial charge in [-0.25, -0.2) is 4.85 Å². The first-order valence-electron chi connectivity index (χ1n) is 3.58. The van der Waals surface area contributed by atoms with Crippen molar-refractivity contribution in [3.8, 4) is 6.07 Å². The van der Waals surface area contributed by atoms with Crippen molar-refractivity contribution in [1.29, 1.82) is 5.26 Å². The first-order chi connectivity index (χ1) is 5.69. The summed E-state index contributed by atoms with van der Waals surface area (Å²) in [5.41, 5.74) is 3.10. The molecule has 0 heterocycles. The minimum Gasteiger partial charge on any atom is -0.238 e. The zero-order valence-corrected chi connectivity index (χ0v) is 7.05. The molecule has 12 heavy (non-hydrogen) atoms. The third kappa shape index (κ3) is 1.28. The van der Waals surface area contributed by atoms with Crippen LogP contribution in [0.25, 0.3) is 4.85 Å². The maximum Gasteiger partial charge on any atom is 0.191 e. The van der Waals surface area contributed by atoms with E-state index >= 15 is 0 Å². The van der Waals surface area contributed by atoms with Gasteiger partial charge in [-0.3, -0.25) is 0 Å². The molecule has 0 spiro atoms. The van der Waals surface area contributed by atoms with Gasteiger partial charge in [-0.05, 0) is 31.5 Å². The van der Waals surface area contributed by atoms with Gasteiger partial charge >= 0.3 is 0 Å². The number of benzene rings is 1. The predicted octanol–water partition coefficient (Wildman–Crippen LogP) is 2.73. The summed E-state index contributed by atoms with van der Waals surface area (Å²) in [5, 5.41) is 8.62. The number of rotatable bonds is 0. The monoisotopic (exact) mass is 156 g/mol. The normalized spacial score (nSPS) is 8.67. The fourth-order valence-corrected chi connectivity index (χ4v) is 1.02. The van der Waals surface area contributed by atoms with Crippen LogP contribution in [0.5, 0.6) is 0 Å². The first kappa shape index (κ1) is 8.30. The van der Waals surface area contributed by atoms with Crippen molar-refractivity contribution < 1.29 is 0 Å². The molecule has 0 aromatic heterocycles. The van der Waals surface area contributed by atoms with Crippen molar-refractivity contribution >= 4 is 5.69 Å². The van der Waals surface area contributed by atoms with E-state index in [0.717, 1.165) is 11.1 Å². The van der Waals surface area contributed by atoms with Crippen LogP contribution in [0, 0.1) is 31.8 Å². The van der Waals surface area contributed by atoms with E-state index < -0.39 is 0 Å². The lowest BCUT2D eigenvalue weighted by atomic mass is 10.0. The van der Waals surface area contributed by atoms with Gasteiger partial charge in [0.1, 0.15) is 0 Å². The van der Waals surface area contributed by atoms with Crippen molar-refractivity contribution in [3.05, 3.63) is 40.2 Å². The molecule has 0 aliphatic heterocycles. The summed E-state index contributed by atoms with van der Waals surface area (Å²) >= 11 is 0. The molecule has 1 aromatic carbocycles. The lowest BCUT2D eigenvalue weighted by Crippen LogP contribution is -1.83. The highest BCUT2D eigenvalue weighted by atomic mass is 14.6. The van der Waals surface area contributed by atoms with Crippen LogP contribution in [0.1, 0.15) is 16.7 Å². The summed E-state index contributed by atoms with van der Waals surface area (Å²) in [6, 6.07) is 5.44. The Morgan fingerprint density at radius 2 is 2.08 bits per heavy atom. The van der Waals surface area contributed by atoms with E-state index in [-0.39, 0.29) is 0 Å². The molecule has 0 saturated carbocycles. The third-order valence-corrected chi connectivity index (χ3v) is 1.89. The molecular formula is C10H8N2. The zero-order chi connectivity index (χ0) is 9.14. The van der Waals surface area contributed by atoms with Gasteiger partial charge in [0.15, 0.2) is 5.69 Å². The molecule has 0 unspecified atom stereocenters. The molecule has 0 aliphatic carbocycles. The SMILES string of the molecule is [C-]#[N+]c1cc(C#N)cc(C)c1C. The molecule has 0 N–H and O–H groups in total. The van der Waals surface area contributed by atoms with E-state index in [2.05, 4.69) is 4.85 Å². The number of nitriles is 1. The fraction of sp³-hybridized carbons (Fsp3) is 0.200. The molecule has 0 atom stereocenters. The van der Waals surface area contributed by atoms with Crippen LogP contribution in [0.2, 0.25) is 0 Å². The van der Waals surface area contributed by atoms with Gasteiger partial charge in [-0.2, -0.15) is 5.26 Å². The summed E-state index contributed by atoms with van der Waals surface area (Å²) in [4.78, 5) is 3.34. The summed E-state index contributed by atoms with van der Waals surface area (Å²) in [5.74, 6) is 0. The Morgan fingerprint density at radius 1 is 1.42 bits per heavy atom. The van der Waals surface area contributed by atoms with Gasteiger partial charge < -0.3 is 0 Å². The molecule has 0 radical (unpaired) electrons. The number of hydrogen-bond donors (Lipinski definition) is 0. The molecule has 0 amide bonds. The smallest absolute Gasteiger partial charge is 0.191 e. The largest absolute Gasteiger partial charge is 0.238 e. The highest BCUT2D eigenvalue weighted by molar-refractivity contribution is 5.58. The minimum absolute atomic E-state index is 0.559. The average Bonchev–Trinajstić information content (AvgIpc) is 2.09. The lowest BCUT2D eigenvalue weighted by molar-refractivity contribution is 1.33. The minimum atomic E-state index is 0.559. The van der Waals surface area contributed by atoms with Crippen LogP contribution < -0.4 is 0 Å². The second kappa shape index (κ2) is 3.07. The van der Waals surface area contributed by atoms with Gasteiger partial charge in [0.25, 0.3) is 0 Å². The standard InChI is InChI=1S/C10H8N2/c1-7-4-9(6-11)5-10(12-3)8(7)2/h4-5H,1-2H3. The van der Waals surface area contributed by atoms with E-state index in [9.17, 15) is 0 Å². The Kier molecular flexibility index (Phi) is 2.12. The van der Waals surface area contributed by atoms with Crippen LogP contribution in [0.15, 0.2) is 12.1 Å². The first-order valence-corrected chi connectivity index (χ1v) is 3.58. The van der Waals surface area contributed by atoms with E-state index in [1.807, 2.05) is 19.9 Å². The van der Waals surface area contributed by atoms with E-state index in [4.69, 9.17) is 11.8 Å². The molecule has 0 fully saturated rings. The summed E-state index contributed by atoms with van der Waals surface area (Å²) < 4.78 is 0. The third-order valence-electron chi connectivity index (χ3n) is 1.89. The van der Waals surface area contributed by atoms with Crippen LogP contribution >= 0.6 is 0 Å². The van der Waals surface area contributed by atoms with Crippen molar-refractivity contribution in [3.63, 3.8) is 0 Å². The van der Waals surface area contributed by atoms with Crippen LogP contribution in [-0.2, 0) is 0 Å². The second-order valence-electron chi connectivity index (χ2n) is 2.66. The Balaban J connectivity index is 3.44. The molecule has 1 rings (SSSR count). The topological polar surface area (TPSA) is 28.1 Å². The van der Waals surface area contributed by atoms with Crippen molar-refractivity contribution in [1.82, 2.24) is 0 Å². The maximum atomic E-state index is 8.62. The highest BCUT2D eigenvalue weighted by Gasteiger charge is 2.02. The second-order valence-corrected chi connectivity index (χ2v) is 2.66. The van der Waals surface area contributed by atoms with Crippen LogP contribution in [0.4, 0.5) is 5.69 Å². The average molecular weight is 156 g/mol. The molecule has 58 valence electrons. The van der Waals surface area contributed by atoms with Gasteiger partial charge in [0.2, 0.25) is 0 Å². The predicted molar refractivity (Wildman–Crippen MR) is 46.9 cm³/mol. The Morgan fingerprint density at radius 3 is 2.58 bits per heavy atom. The molecule has 1 aromatic rings. The number of hydrogen-bond acceptors (Lipinski definition) is 1. The lowest BCUT2D eigenvalue weighted by Gasteiger charge is -2.01. The van der Waals surface area contributed by atoms with Gasteiger partial charge in [0, 0.05) is 5.56 Å². The Hall–Kier alpha value is -1.80. The molecule has 2 heteroatoms. The number of nitrogens with zero attached hydrogens (tertiary/aromatic N) is 2.